The van der Waals surface area contributed by atoms with Crippen molar-refractivity contribution in [2.24, 2.45) is 5.92 Å². The molecule has 1 aromatic heterocycles. The van der Waals surface area contributed by atoms with Gasteiger partial charge in [-0.1, -0.05) is 67.9 Å². The summed E-state index contributed by atoms with van der Waals surface area (Å²) < 4.78 is 2.21. The fraction of sp³-hybridized carbons (Fsp3) is 0.500. The van der Waals surface area contributed by atoms with E-state index in [4.69, 9.17) is 0 Å². The minimum atomic E-state index is 0.552. The van der Waals surface area contributed by atoms with E-state index in [0.29, 0.717) is 11.8 Å². The lowest BCUT2D eigenvalue weighted by Gasteiger charge is -2.12. The highest BCUT2D eigenvalue weighted by Crippen LogP contribution is 2.23. The van der Waals surface area contributed by atoms with Crippen molar-refractivity contribution in [3.63, 3.8) is 0 Å². The number of nitrogens with zero attached hydrogens (tertiary/aromatic N) is 3. The van der Waals surface area contributed by atoms with E-state index in [1.807, 2.05) is 0 Å². The van der Waals surface area contributed by atoms with E-state index in [0.717, 1.165) is 29.1 Å². The van der Waals surface area contributed by atoms with Gasteiger partial charge in [-0.2, -0.15) is 0 Å². The SMILES string of the molecule is CC(C)Cn1c(CBr)nnc1-c1ccc(C(C)C)cc1. The third kappa shape index (κ3) is 3.29. The van der Waals surface area contributed by atoms with Crippen LogP contribution in [-0.2, 0) is 11.9 Å². The summed E-state index contributed by atoms with van der Waals surface area (Å²) in [4.78, 5) is 0. The van der Waals surface area contributed by atoms with Gasteiger partial charge in [-0.15, -0.1) is 10.2 Å². The predicted octanol–water partition coefficient (Wildman–Crippen LogP) is 4.62. The lowest BCUT2D eigenvalue weighted by atomic mass is 10.0. The van der Waals surface area contributed by atoms with Crippen LogP contribution in [0, 0.1) is 5.92 Å². The normalized spacial score (nSPS) is 11.6. The van der Waals surface area contributed by atoms with E-state index in [-0.39, 0.29) is 0 Å². The average Bonchev–Trinajstić information content (AvgIpc) is 2.81. The molecule has 0 bridgehead atoms. The highest BCUT2D eigenvalue weighted by Gasteiger charge is 2.14. The quantitative estimate of drug-likeness (QED) is 0.746. The summed E-state index contributed by atoms with van der Waals surface area (Å²) in [5, 5.41) is 9.39. The summed E-state index contributed by atoms with van der Waals surface area (Å²) in [6, 6.07) is 8.66. The molecule has 4 heteroatoms. The van der Waals surface area contributed by atoms with Crippen molar-refractivity contribution in [3.8, 4) is 11.4 Å². The molecule has 0 fully saturated rings. The lowest BCUT2D eigenvalue weighted by Crippen LogP contribution is -2.09. The van der Waals surface area contributed by atoms with E-state index in [9.17, 15) is 0 Å². The van der Waals surface area contributed by atoms with E-state index < -0.39 is 0 Å². The van der Waals surface area contributed by atoms with Crippen molar-refractivity contribution in [2.75, 3.05) is 0 Å². The molecule has 1 aromatic carbocycles. The third-order valence-electron chi connectivity index (χ3n) is 3.33. The number of benzene rings is 1. The maximum atomic E-state index is 4.37. The molecule has 0 atom stereocenters. The first-order valence-corrected chi connectivity index (χ1v) is 8.23. The van der Waals surface area contributed by atoms with E-state index >= 15 is 0 Å². The second-order valence-electron chi connectivity index (χ2n) is 5.85. The first-order valence-electron chi connectivity index (χ1n) is 7.11. The van der Waals surface area contributed by atoms with Crippen molar-refractivity contribution in [3.05, 3.63) is 35.7 Å². The second kappa shape index (κ2) is 6.53. The molecule has 1 heterocycles. The van der Waals surface area contributed by atoms with Gasteiger partial charge in [0.05, 0.1) is 5.33 Å². The monoisotopic (exact) mass is 335 g/mol. The molecule has 0 radical (unpaired) electrons. The molecule has 0 saturated carbocycles. The molecule has 0 aliphatic heterocycles. The van der Waals surface area contributed by atoms with Gasteiger partial charge in [0, 0.05) is 12.1 Å². The van der Waals surface area contributed by atoms with Crippen LogP contribution in [0.1, 0.15) is 45.0 Å². The van der Waals surface area contributed by atoms with Crippen LogP contribution in [-0.4, -0.2) is 14.8 Å². The van der Waals surface area contributed by atoms with Crippen molar-refractivity contribution in [2.45, 2.75) is 45.5 Å². The largest absolute Gasteiger partial charge is 0.310 e. The lowest BCUT2D eigenvalue weighted by molar-refractivity contribution is 0.516. The molecule has 0 spiro atoms. The molecule has 0 amide bonds. The van der Waals surface area contributed by atoms with E-state index in [1.165, 1.54) is 5.56 Å². The Morgan fingerprint density at radius 3 is 2.20 bits per heavy atom. The topological polar surface area (TPSA) is 30.7 Å². The predicted molar refractivity (Wildman–Crippen MR) is 87.0 cm³/mol. The molecular weight excluding hydrogens is 314 g/mol. The van der Waals surface area contributed by atoms with Gasteiger partial charge in [-0.3, -0.25) is 0 Å². The summed E-state index contributed by atoms with van der Waals surface area (Å²) in [7, 11) is 0. The van der Waals surface area contributed by atoms with Crippen LogP contribution in [0.2, 0.25) is 0 Å². The molecule has 108 valence electrons. The van der Waals surface area contributed by atoms with E-state index in [1.54, 1.807) is 0 Å². The Morgan fingerprint density at radius 2 is 1.70 bits per heavy atom. The van der Waals surface area contributed by atoms with Gasteiger partial charge in [-0.05, 0) is 17.4 Å². The van der Waals surface area contributed by atoms with Crippen LogP contribution >= 0.6 is 15.9 Å². The van der Waals surface area contributed by atoms with Crippen molar-refractivity contribution in [1.82, 2.24) is 14.8 Å². The Hall–Kier alpha value is -1.16. The van der Waals surface area contributed by atoms with Crippen LogP contribution in [0.25, 0.3) is 11.4 Å². The van der Waals surface area contributed by atoms with Crippen molar-refractivity contribution in [1.29, 1.82) is 0 Å². The van der Waals surface area contributed by atoms with Gasteiger partial charge in [0.1, 0.15) is 5.82 Å². The first-order chi connectivity index (χ1) is 9.52. The van der Waals surface area contributed by atoms with Gasteiger partial charge in [0.2, 0.25) is 0 Å². The van der Waals surface area contributed by atoms with Crippen molar-refractivity contribution < 1.29 is 0 Å². The number of aromatic nitrogens is 3. The Kier molecular flexibility index (Phi) is 4.97. The van der Waals surface area contributed by atoms with Crippen LogP contribution < -0.4 is 0 Å². The summed E-state index contributed by atoms with van der Waals surface area (Å²) in [6.45, 7) is 9.78. The van der Waals surface area contributed by atoms with E-state index in [2.05, 4.69) is 82.7 Å². The van der Waals surface area contributed by atoms with Gasteiger partial charge < -0.3 is 4.57 Å². The second-order valence-corrected chi connectivity index (χ2v) is 6.42. The van der Waals surface area contributed by atoms with Crippen LogP contribution in [0.15, 0.2) is 24.3 Å². The Bertz CT molecular complexity index is 556. The minimum absolute atomic E-state index is 0.552. The molecule has 0 N–H and O–H groups in total. The molecular formula is C16H22BrN3. The number of alkyl halides is 1. The molecule has 2 rings (SSSR count). The van der Waals surface area contributed by atoms with Gasteiger partial charge in [-0.25, -0.2) is 0 Å². The molecule has 20 heavy (non-hydrogen) atoms. The average molecular weight is 336 g/mol. The molecule has 0 unspecified atom stereocenters. The molecule has 0 aliphatic rings. The number of hydrogen-bond acceptors (Lipinski definition) is 2. The molecule has 2 aromatic rings. The standard InChI is InChI=1S/C16H22BrN3/c1-11(2)10-20-15(9-17)18-19-16(20)14-7-5-13(6-8-14)12(3)4/h5-8,11-12H,9-10H2,1-4H3. The van der Waals surface area contributed by atoms with Gasteiger partial charge >= 0.3 is 0 Å². The molecule has 0 saturated heterocycles. The first kappa shape index (κ1) is 15.2. The zero-order valence-electron chi connectivity index (χ0n) is 12.6. The van der Waals surface area contributed by atoms with Crippen LogP contribution in [0.5, 0.6) is 0 Å². The number of rotatable bonds is 5. The summed E-state index contributed by atoms with van der Waals surface area (Å²) >= 11 is 3.49. The maximum absolute atomic E-state index is 4.37. The highest BCUT2D eigenvalue weighted by molar-refractivity contribution is 9.08. The fourth-order valence-electron chi connectivity index (χ4n) is 2.22. The summed E-state index contributed by atoms with van der Waals surface area (Å²) in [5.41, 5.74) is 2.49. The highest BCUT2D eigenvalue weighted by atomic mass is 79.9. The van der Waals surface area contributed by atoms with Crippen LogP contribution in [0.3, 0.4) is 0 Å². The summed E-state index contributed by atoms with van der Waals surface area (Å²) in [6.07, 6.45) is 0. The van der Waals surface area contributed by atoms with Gasteiger partial charge in [0.15, 0.2) is 5.82 Å². The summed E-state index contributed by atoms with van der Waals surface area (Å²) in [5.74, 6) is 3.07. The zero-order chi connectivity index (χ0) is 14.7. The Labute approximate surface area is 129 Å². The zero-order valence-corrected chi connectivity index (χ0v) is 14.2. The Morgan fingerprint density at radius 1 is 1.05 bits per heavy atom. The fourth-order valence-corrected chi connectivity index (χ4v) is 2.64. The van der Waals surface area contributed by atoms with Crippen LogP contribution in [0.4, 0.5) is 0 Å². The number of halogens is 1. The van der Waals surface area contributed by atoms with Crippen molar-refractivity contribution >= 4 is 15.9 Å². The van der Waals surface area contributed by atoms with Gasteiger partial charge in [0.25, 0.3) is 0 Å². The molecule has 3 nitrogen and oxygen atoms in total. The molecule has 0 aliphatic carbocycles. The smallest absolute Gasteiger partial charge is 0.163 e. The Balaban J connectivity index is 2.38. The minimum Gasteiger partial charge on any atom is -0.310 e. The third-order valence-corrected chi connectivity index (χ3v) is 3.83. The maximum Gasteiger partial charge on any atom is 0.163 e. The number of hydrogen-bond donors (Lipinski definition) is 0.